The average Bonchev–Trinajstić information content (AvgIpc) is 2.63. The number of nitrogens with one attached hydrogen (secondary N) is 1. The number of nitrogen functional groups attached to an aromatic ring is 1. The highest BCUT2D eigenvalue weighted by Crippen LogP contribution is 2.18. The van der Waals surface area contributed by atoms with Crippen molar-refractivity contribution >= 4 is 11.6 Å². The van der Waals surface area contributed by atoms with E-state index in [4.69, 9.17) is 5.73 Å². The number of hydrogen-bond acceptors (Lipinski definition) is 3. The van der Waals surface area contributed by atoms with Crippen molar-refractivity contribution in [2.45, 2.75) is 26.8 Å². The zero-order chi connectivity index (χ0) is 14.9. The molecule has 5 nitrogen and oxygen atoms in total. The van der Waals surface area contributed by atoms with Gasteiger partial charge >= 0.3 is 0 Å². The molecule has 20 heavy (non-hydrogen) atoms. The minimum Gasteiger partial charge on any atom is -0.395 e. The van der Waals surface area contributed by atoms with Gasteiger partial charge in [0.15, 0.2) is 0 Å². The fraction of sp³-hybridized carbons (Fsp3) is 0.333. The van der Waals surface area contributed by atoms with Crippen molar-refractivity contribution in [3.63, 3.8) is 0 Å². The minimum absolute atomic E-state index is 0.0855. The number of rotatable bonds is 3. The molecule has 5 heteroatoms. The topological polar surface area (TPSA) is 72.9 Å². The van der Waals surface area contributed by atoms with E-state index in [2.05, 4.69) is 10.4 Å². The van der Waals surface area contributed by atoms with Crippen LogP contribution in [0.25, 0.3) is 0 Å². The van der Waals surface area contributed by atoms with Crippen molar-refractivity contribution in [2.24, 2.45) is 7.05 Å². The van der Waals surface area contributed by atoms with Crippen LogP contribution in [0.2, 0.25) is 0 Å². The van der Waals surface area contributed by atoms with Gasteiger partial charge < -0.3 is 11.1 Å². The van der Waals surface area contributed by atoms with E-state index >= 15 is 0 Å². The first kappa shape index (κ1) is 14.1. The Morgan fingerprint density at radius 3 is 2.40 bits per heavy atom. The predicted octanol–water partition coefficient (Wildman–Crippen LogP) is 2.11. The molecule has 1 amide bonds. The van der Waals surface area contributed by atoms with Gasteiger partial charge in [0.25, 0.3) is 5.91 Å². The van der Waals surface area contributed by atoms with Gasteiger partial charge in [0, 0.05) is 7.05 Å². The monoisotopic (exact) mass is 272 g/mol. The number of nitrogens with two attached hydrogens (primary N) is 1. The normalized spacial score (nSPS) is 12.2. The second-order valence-corrected chi connectivity index (χ2v) is 5.08. The molecule has 106 valence electrons. The Morgan fingerprint density at radius 2 is 1.90 bits per heavy atom. The van der Waals surface area contributed by atoms with Crippen LogP contribution in [0.5, 0.6) is 0 Å². The van der Waals surface area contributed by atoms with Gasteiger partial charge in [-0.1, -0.05) is 29.8 Å². The van der Waals surface area contributed by atoms with Crippen LogP contribution in [0.15, 0.2) is 24.3 Å². The lowest BCUT2D eigenvalue weighted by atomic mass is 10.1. The Morgan fingerprint density at radius 1 is 1.30 bits per heavy atom. The average molecular weight is 272 g/mol. The molecule has 3 N–H and O–H groups in total. The summed E-state index contributed by atoms with van der Waals surface area (Å²) in [4.78, 5) is 12.3. The molecule has 1 aromatic carbocycles. The number of carbonyl (C=O) groups is 1. The van der Waals surface area contributed by atoms with Crippen LogP contribution in [-0.4, -0.2) is 15.7 Å². The maximum Gasteiger partial charge on any atom is 0.272 e. The zero-order valence-electron chi connectivity index (χ0n) is 12.3. The van der Waals surface area contributed by atoms with E-state index in [0.29, 0.717) is 17.1 Å². The van der Waals surface area contributed by atoms with Gasteiger partial charge in [-0.15, -0.1) is 0 Å². The summed E-state index contributed by atoms with van der Waals surface area (Å²) in [5.41, 5.74) is 9.65. The second-order valence-electron chi connectivity index (χ2n) is 5.08. The predicted molar refractivity (Wildman–Crippen MR) is 79.4 cm³/mol. The van der Waals surface area contributed by atoms with Crippen molar-refractivity contribution in [3.8, 4) is 0 Å². The van der Waals surface area contributed by atoms with Crippen molar-refractivity contribution in [1.82, 2.24) is 15.1 Å². The largest absolute Gasteiger partial charge is 0.395 e. The molecule has 0 saturated carbocycles. The molecule has 2 rings (SSSR count). The Bertz CT molecular complexity index is 628. The van der Waals surface area contributed by atoms with Gasteiger partial charge in [0.1, 0.15) is 5.69 Å². The molecular weight excluding hydrogens is 252 g/mol. The first-order chi connectivity index (χ1) is 9.40. The molecule has 0 aliphatic rings. The van der Waals surface area contributed by atoms with Gasteiger partial charge in [0.2, 0.25) is 0 Å². The molecule has 0 aliphatic heterocycles. The highest BCUT2D eigenvalue weighted by molar-refractivity contribution is 5.98. The molecule has 1 atom stereocenters. The quantitative estimate of drug-likeness (QED) is 0.898. The maximum absolute atomic E-state index is 12.3. The molecule has 0 spiro atoms. The summed E-state index contributed by atoms with van der Waals surface area (Å²) in [6.07, 6.45) is 0. The van der Waals surface area contributed by atoms with Crippen molar-refractivity contribution < 1.29 is 4.79 Å². The summed E-state index contributed by atoms with van der Waals surface area (Å²) in [6, 6.07) is 8.00. The van der Waals surface area contributed by atoms with Gasteiger partial charge in [-0.3, -0.25) is 9.48 Å². The molecule has 1 heterocycles. The molecule has 0 aliphatic carbocycles. The smallest absolute Gasteiger partial charge is 0.272 e. The van der Waals surface area contributed by atoms with Crippen LogP contribution >= 0.6 is 0 Å². The SMILES string of the molecule is Cc1ccc(C(C)NC(=O)c2c(N)c(C)nn2C)cc1. The van der Waals surface area contributed by atoms with E-state index in [9.17, 15) is 4.79 Å². The highest BCUT2D eigenvalue weighted by atomic mass is 16.2. The Balaban J connectivity index is 2.17. The first-order valence-electron chi connectivity index (χ1n) is 6.56. The Kier molecular flexibility index (Phi) is 3.79. The summed E-state index contributed by atoms with van der Waals surface area (Å²) in [5, 5.41) is 7.10. The number of amides is 1. The summed E-state index contributed by atoms with van der Waals surface area (Å²) < 4.78 is 1.52. The molecular formula is C15H20N4O. The third kappa shape index (κ3) is 2.66. The van der Waals surface area contributed by atoms with Gasteiger partial charge in [-0.2, -0.15) is 5.10 Å². The maximum atomic E-state index is 12.3. The van der Waals surface area contributed by atoms with E-state index in [1.807, 2.05) is 38.1 Å². The number of aromatic nitrogens is 2. The van der Waals surface area contributed by atoms with Crippen molar-refractivity contribution in [2.75, 3.05) is 5.73 Å². The molecule has 1 aromatic heterocycles. The lowest BCUT2D eigenvalue weighted by molar-refractivity contribution is 0.0931. The lowest BCUT2D eigenvalue weighted by Crippen LogP contribution is -2.29. The fourth-order valence-electron chi connectivity index (χ4n) is 2.15. The molecule has 1 unspecified atom stereocenters. The highest BCUT2D eigenvalue weighted by Gasteiger charge is 2.19. The number of carbonyl (C=O) groups excluding carboxylic acids is 1. The number of hydrogen-bond donors (Lipinski definition) is 2. The first-order valence-corrected chi connectivity index (χ1v) is 6.56. The van der Waals surface area contributed by atoms with E-state index in [1.165, 1.54) is 10.2 Å². The zero-order valence-corrected chi connectivity index (χ0v) is 12.3. The molecule has 0 radical (unpaired) electrons. The van der Waals surface area contributed by atoms with E-state index in [0.717, 1.165) is 5.56 Å². The summed E-state index contributed by atoms with van der Waals surface area (Å²) in [6.45, 7) is 5.77. The number of aryl methyl sites for hydroxylation is 3. The second kappa shape index (κ2) is 5.36. The van der Waals surface area contributed by atoms with Crippen LogP contribution in [0, 0.1) is 13.8 Å². The van der Waals surface area contributed by atoms with Crippen LogP contribution in [-0.2, 0) is 7.05 Å². The molecule has 0 bridgehead atoms. The van der Waals surface area contributed by atoms with Gasteiger partial charge in [0.05, 0.1) is 17.4 Å². The third-order valence-corrected chi connectivity index (χ3v) is 3.41. The van der Waals surface area contributed by atoms with E-state index < -0.39 is 0 Å². The van der Waals surface area contributed by atoms with Crippen LogP contribution < -0.4 is 11.1 Å². The molecule has 2 aromatic rings. The summed E-state index contributed by atoms with van der Waals surface area (Å²) >= 11 is 0. The fourth-order valence-corrected chi connectivity index (χ4v) is 2.15. The van der Waals surface area contributed by atoms with Crippen molar-refractivity contribution in [1.29, 1.82) is 0 Å². The van der Waals surface area contributed by atoms with Gasteiger partial charge in [-0.05, 0) is 26.3 Å². The van der Waals surface area contributed by atoms with E-state index in [1.54, 1.807) is 14.0 Å². The van der Waals surface area contributed by atoms with Crippen LogP contribution in [0.4, 0.5) is 5.69 Å². The lowest BCUT2D eigenvalue weighted by Gasteiger charge is -2.15. The van der Waals surface area contributed by atoms with E-state index in [-0.39, 0.29) is 11.9 Å². The number of nitrogens with zero attached hydrogens (tertiary/aromatic N) is 2. The number of anilines is 1. The molecule has 0 fully saturated rings. The Labute approximate surface area is 118 Å². The standard InChI is InChI=1S/C15H20N4O/c1-9-5-7-12(8-6-9)10(2)17-15(20)14-13(16)11(3)18-19(14)4/h5-8,10H,16H2,1-4H3,(H,17,20). The van der Waals surface area contributed by atoms with Crippen LogP contribution in [0.3, 0.4) is 0 Å². The number of benzene rings is 1. The summed E-state index contributed by atoms with van der Waals surface area (Å²) in [5.74, 6) is -0.210. The Hall–Kier alpha value is -2.30. The summed E-state index contributed by atoms with van der Waals surface area (Å²) in [7, 11) is 1.72. The minimum atomic E-state index is -0.210. The van der Waals surface area contributed by atoms with Crippen LogP contribution in [0.1, 0.15) is 40.3 Å². The van der Waals surface area contributed by atoms with Crippen molar-refractivity contribution in [3.05, 3.63) is 46.8 Å². The third-order valence-electron chi connectivity index (χ3n) is 3.41. The molecule has 0 saturated heterocycles. The van der Waals surface area contributed by atoms with Gasteiger partial charge in [-0.25, -0.2) is 0 Å².